The number of phenols is 1. The number of carbonyl (C=O) groups is 1. The average molecular weight is 276 g/mol. The summed E-state index contributed by atoms with van der Waals surface area (Å²) in [6.45, 7) is 0. The highest BCUT2D eigenvalue weighted by Gasteiger charge is 2.17. The summed E-state index contributed by atoms with van der Waals surface area (Å²) in [5, 5.41) is 22.2. The number of amides is 1. The van der Waals surface area contributed by atoms with Crippen LogP contribution in [0.25, 0.3) is 0 Å². The highest BCUT2D eigenvalue weighted by atomic mass is 19.1. The number of hydrogen-bond acceptors (Lipinski definition) is 4. The predicted octanol–water partition coefficient (Wildman–Crippen LogP) is 2.69. The van der Waals surface area contributed by atoms with Crippen LogP contribution in [-0.4, -0.2) is 15.9 Å². The molecule has 0 radical (unpaired) electrons. The smallest absolute Gasteiger partial charge is 0.305 e. The SMILES string of the molecule is O=C(Nc1ccc(O)cc1)c1ccc(F)c([N+](=O)[O-])c1. The molecule has 2 N–H and O–H groups in total. The summed E-state index contributed by atoms with van der Waals surface area (Å²) in [6.07, 6.45) is 0. The van der Waals surface area contributed by atoms with Gasteiger partial charge < -0.3 is 10.4 Å². The first-order valence-corrected chi connectivity index (χ1v) is 5.51. The van der Waals surface area contributed by atoms with E-state index in [-0.39, 0.29) is 11.3 Å². The van der Waals surface area contributed by atoms with E-state index < -0.39 is 22.3 Å². The molecule has 2 aromatic carbocycles. The molecule has 0 atom stereocenters. The third-order valence-electron chi connectivity index (χ3n) is 2.53. The van der Waals surface area contributed by atoms with Gasteiger partial charge in [-0.3, -0.25) is 14.9 Å². The van der Waals surface area contributed by atoms with Crippen molar-refractivity contribution in [3.8, 4) is 5.75 Å². The number of nitrogens with zero attached hydrogens (tertiary/aromatic N) is 1. The van der Waals surface area contributed by atoms with Gasteiger partial charge in [0.05, 0.1) is 4.92 Å². The molecule has 0 saturated heterocycles. The van der Waals surface area contributed by atoms with Gasteiger partial charge in [0.1, 0.15) is 5.75 Å². The zero-order valence-corrected chi connectivity index (χ0v) is 10.0. The quantitative estimate of drug-likeness (QED) is 0.512. The van der Waals surface area contributed by atoms with E-state index in [2.05, 4.69) is 5.32 Å². The highest BCUT2D eigenvalue weighted by Crippen LogP contribution is 2.20. The predicted molar refractivity (Wildman–Crippen MR) is 69.1 cm³/mol. The van der Waals surface area contributed by atoms with E-state index in [0.717, 1.165) is 18.2 Å². The maximum Gasteiger partial charge on any atom is 0.305 e. The Morgan fingerprint density at radius 2 is 1.85 bits per heavy atom. The maximum atomic E-state index is 13.2. The van der Waals surface area contributed by atoms with Crippen molar-refractivity contribution in [2.45, 2.75) is 0 Å². The van der Waals surface area contributed by atoms with Crippen LogP contribution in [0.5, 0.6) is 5.75 Å². The van der Waals surface area contributed by atoms with Crippen LogP contribution >= 0.6 is 0 Å². The molecule has 0 spiro atoms. The second-order valence-electron chi connectivity index (χ2n) is 3.92. The summed E-state index contributed by atoms with van der Waals surface area (Å²) in [4.78, 5) is 21.6. The number of nitro benzene ring substituents is 1. The Morgan fingerprint density at radius 3 is 2.45 bits per heavy atom. The van der Waals surface area contributed by atoms with Crippen LogP contribution < -0.4 is 5.32 Å². The van der Waals surface area contributed by atoms with Crippen LogP contribution in [0.3, 0.4) is 0 Å². The van der Waals surface area contributed by atoms with E-state index in [4.69, 9.17) is 5.11 Å². The molecule has 0 heterocycles. The number of nitro groups is 1. The van der Waals surface area contributed by atoms with E-state index in [9.17, 15) is 19.3 Å². The molecule has 20 heavy (non-hydrogen) atoms. The molecule has 0 aliphatic rings. The number of rotatable bonds is 3. The first-order chi connectivity index (χ1) is 9.47. The summed E-state index contributed by atoms with van der Waals surface area (Å²) in [7, 11) is 0. The first-order valence-electron chi connectivity index (χ1n) is 5.51. The number of aromatic hydroxyl groups is 1. The van der Waals surface area contributed by atoms with E-state index >= 15 is 0 Å². The number of nitrogens with one attached hydrogen (secondary N) is 1. The van der Waals surface area contributed by atoms with Crippen LogP contribution in [0.4, 0.5) is 15.8 Å². The molecule has 7 heteroatoms. The van der Waals surface area contributed by atoms with Crippen LogP contribution in [0, 0.1) is 15.9 Å². The van der Waals surface area contributed by atoms with Gasteiger partial charge in [0.25, 0.3) is 5.91 Å². The Hall–Kier alpha value is -2.96. The van der Waals surface area contributed by atoms with Gasteiger partial charge in [0.15, 0.2) is 0 Å². The molecule has 0 unspecified atom stereocenters. The van der Waals surface area contributed by atoms with E-state index in [1.54, 1.807) is 0 Å². The van der Waals surface area contributed by atoms with Gasteiger partial charge in [0, 0.05) is 17.3 Å². The van der Waals surface area contributed by atoms with Gasteiger partial charge in [-0.15, -0.1) is 0 Å². The summed E-state index contributed by atoms with van der Waals surface area (Å²) in [5.41, 5.74) is -0.394. The average Bonchev–Trinajstić information content (AvgIpc) is 2.41. The Labute approximate surface area is 112 Å². The summed E-state index contributed by atoms with van der Waals surface area (Å²) in [6, 6.07) is 8.56. The van der Waals surface area contributed by atoms with Crippen molar-refractivity contribution in [3.05, 3.63) is 64.0 Å². The van der Waals surface area contributed by atoms with Gasteiger partial charge in [-0.2, -0.15) is 4.39 Å². The fraction of sp³-hybridized carbons (Fsp3) is 0. The molecule has 6 nitrogen and oxygen atoms in total. The van der Waals surface area contributed by atoms with Gasteiger partial charge in [-0.25, -0.2) is 0 Å². The lowest BCUT2D eigenvalue weighted by Gasteiger charge is -2.05. The number of anilines is 1. The molecule has 2 rings (SSSR count). The fourth-order valence-corrected chi connectivity index (χ4v) is 1.54. The van der Waals surface area contributed by atoms with E-state index in [1.807, 2.05) is 0 Å². The van der Waals surface area contributed by atoms with Crippen molar-refractivity contribution in [2.24, 2.45) is 0 Å². The largest absolute Gasteiger partial charge is 0.508 e. The van der Waals surface area contributed by atoms with Crippen molar-refractivity contribution < 1.29 is 19.2 Å². The Bertz CT molecular complexity index is 671. The molecular weight excluding hydrogens is 267 g/mol. The minimum absolute atomic E-state index is 0.0359. The topological polar surface area (TPSA) is 92.5 Å². The molecule has 0 aromatic heterocycles. The minimum Gasteiger partial charge on any atom is -0.508 e. The Kier molecular flexibility index (Phi) is 3.60. The van der Waals surface area contributed by atoms with Crippen LogP contribution in [-0.2, 0) is 0 Å². The highest BCUT2D eigenvalue weighted by molar-refractivity contribution is 6.04. The lowest BCUT2D eigenvalue weighted by molar-refractivity contribution is -0.387. The van der Waals surface area contributed by atoms with Crippen molar-refractivity contribution >= 4 is 17.3 Å². The molecule has 1 amide bonds. The van der Waals surface area contributed by atoms with Crippen LogP contribution in [0.2, 0.25) is 0 Å². The zero-order chi connectivity index (χ0) is 14.7. The number of phenolic OH excluding ortho intramolecular Hbond substituents is 1. The number of halogens is 1. The van der Waals surface area contributed by atoms with Crippen molar-refractivity contribution in [1.29, 1.82) is 0 Å². The molecule has 2 aromatic rings. The lowest BCUT2D eigenvalue weighted by atomic mass is 10.1. The second-order valence-corrected chi connectivity index (χ2v) is 3.92. The third-order valence-corrected chi connectivity index (χ3v) is 2.53. The van der Waals surface area contributed by atoms with E-state index in [0.29, 0.717) is 5.69 Å². The number of carbonyl (C=O) groups excluding carboxylic acids is 1. The monoisotopic (exact) mass is 276 g/mol. The summed E-state index contributed by atoms with van der Waals surface area (Å²) in [5.74, 6) is -1.57. The Morgan fingerprint density at radius 1 is 1.20 bits per heavy atom. The molecular formula is C13H9FN2O4. The molecule has 102 valence electrons. The van der Waals surface area contributed by atoms with Gasteiger partial charge >= 0.3 is 5.69 Å². The van der Waals surface area contributed by atoms with Crippen LogP contribution in [0.1, 0.15) is 10.4 Å². The van der Waals surface area contributed by atoms with Crippen molar-refractivity contribution in [3.63, 3.8) is 0 Å². The maximum absolute atomic E-state index is 13.2. The lowest BCUT2D eigenvalue weighted by Crippen LogP contribution is -2.12. The third kappa shape index (κ3) is 2.89. The summed E-state index contributed by atoms with van der Waals surface area (Å²) < 4.78 is 13.2. The van der Waals surface area contributed by atoms with Gasteiger partial charge in [-0.1, -0.05) is 0 Å². The zero-order valence-electron chi connectivity index (χ0n) is 10.0. The van der Waals surface area contributed by atoms with Crippen molar-refractivity contribution in [2.75, 3.05) is 5.32 Å². The normalized spacial score (nSPS) is 10.1. The molecule has 0 bridgehead atoms. The van der Waals surface area contributed by atoms with Gasteiger partial charge in [-0.05, 0) is 36.4 Å². The minimum atomic E-state index is -1.00. The van der Waals surface area contributed by atoms with Crippen LogP contribution in [0.15, 0.2) is 42.5 Å². The number of hydrogen-bond donors (Lipinski definition) is 2. The van der Waals surface area contributed by atoms with Crippen molar-refractivity contribution in [1.82, 2.24) is 0 Å². The fourth-order valence-electron chi connectivity index (χ4n) is 1.54. The molecule has 0 saturated carbocycles. The standard InChI is InChI=1S/C13H9FN2O4/c14-11-6-1-8(7-12(11)16(19)20)13(18)15-9-2-4-10(17)5-3-9/h1-7,17H,(H,15,18). The summed E-state index contributed by atoms with van der Waals surface area (Å²) >= 11 is 0. The van der Waals surface area contributed by atoms with Gasteiger partial charge in [0.2, 0.25) is 5.82 Å². The van der Waals surface area contributed by atoms with E-state index in [1.165, 1.54) is 24.3 Å². The molecule has 0 aliphatic heterocycles. The molecule has 0 aliphatic carbocycles. The number of benzene rings is 2. The molecule has 0 fully saturated rings. The first kappa shape index (κ1) is 13.5. The second kappa shape index (κ2) is 5.35. The Balaban J connectivity index is 2.23.